The van der Waals surface area contributed by atoms with Crippen molar-refractivity contribution in [2.45, 2.75) is 19.9 Å². The lowest BCUT2D eigenvalue weighted by Crippen LogP contribution is -2.38. The van der Waals surface area contributed by atoms with E-state index >= 15 is 0 Å². The van der Waals surface area contributed by atoms with Crippen LogP contribution in [0.2, 0.25) is 5.02 Å². The van der Waals surface area contributed by atoms with E-state index in [4.69, 9.17) is 11.6 Å². The van der Waals surface area contributed by atoms with Crippen molar-refractivity contribution in [2.24, 2.45) is 0 Å². The smallest absolute Gasteiger partial charge is 0.251 e. The molecule has 0 aliphatic heterocycles. The van der Waals surface area contributed by atoms with Gasteiger partial charge in [0, 0.05) is 23.3 Å². The molecular formula is C20H23ClN6O. The molecule has 0 aliphatic carbocycles. The molecule has 1 amide bonds. The van der Waals surface area contributed by atoms with Crippen LogP contribution in [0.15, 0.2) is 55.2 Å². The minimum atomic E-state index is -0.173. The molecule has 0 saturated heterocycles. The molecule has 0 spiro atoms. The zero-order valence-corrected chi connectivity index (χ0v) is 16.7. The van der Waals surface area contributed by atoms with Crippen molar-refractivity contribution < 1.29 is 4.79 Å². The number of amides is 1. The van der Waals surface area contributed by atoms with Crippen molar-refractivity contribution in [2.75, 3.05) is 19.6 Å². The molecule has 146 valence electrons. The van der Waals surface area contributed by atoms with Crippen molar-refractivity contribution >= 4 is 17.5 Å². The van der Waals surface area contributed by atoms with Gasteiger partial charge in [0.1, 0.15) is 12.7 Å². The van der Waals surface area contributed by atoms with Crippen molar-refractivity contribution in [1.82, 2.24) is 30.0 Å². The molecule has 3 aromatic rings. The fraction of sp³-hybridized carbons (Fsp3) is 0.300. The summed E-state index contributed by atoms with van der Waals surface area (Å²) in [5, 5.41) is 7.78. The summed E-state index contributed by atoms with van der Waals surface area (Å²) in [6, 6.07) is 11.1. The van der Waals surface area contributed by atoms with E-state index < -0.39 is 0 Å². The Morgan fingerprint density at radius 2 is 2.04 bits per heavy atom. The Balaban J connectivity index is 1.77. The molecule has 8 heteroatoms. The van der Waals surface area contributed by atoms with Crippen LogP contribution in [0.3, 0.4) is 0 Å². The third kappa shape index (κ3) is 4.55. The molecule has 28 heavy (non-hydrogen) atoms. The molecule has 0 radical (unpaired) electrons. The second-order valence-corrected chi connectivity index (χ2v) is 6.62. The predicted molar refractivity (Wildman–Crippen MR) is 109 cm³/mol. The van der Waals surface area contributed by atoms with Crippen molar-refractivity contribution in [3.63, 3.8) is 0 Å². The number of carbonyl (C=O) groups excluding carboxylic acids is 1. The fourth-order valence-corrected chi connectivity index (χ4v) is 3.41. The zero-order valence-electron chi connectivity index (χ0n) is 15.9. The Morgan fingerprint density at radius 1 is 1.25 bits per heavy atom. The number of rotatable bonds is 8. The van der Waals surface area contributed by atoms with Gasteiger partial charge in [-0.15, -0.1) is 0 Å². The molecular weight excluding hydrogens is 376 g/mol. The highest BCUT2D eigenvalue weighted by molar-refractivity contribution is 6.31. The third-order valence-electron chi connectivity index (χ3n) is 4.63. The van der Waals surface area contributed by atoms with E-state index in [2.05, 4.69) is 39.1 Å². The molecule has 0 unspecified atom stereocenters. The predicted octanol–water partition coefficient (Wildman–Crippen LogP) is 3.13. The van der Waals surface area contributed by atoms with Crippen LogP contribution in [0.4, 0.5) is 0 Å². The summed E-state index contributed by atoms with van der Waals surface area (Å²) < 4.78 is 1.51. The van der Waals surface area contributed by atoms with E-state index in [0.717, 1.165) is 18.7 Å². The molecule has 0 fully saturated rings. The van der Waals surface area contributed by atoms with Crippen LogP contribution >= 0.6 is 11.6 Å². The van der Waals surface area contributed by atoms with Gasteiger partial charge in [0.15, 0.2) is 5.82 Å². The first-order valence-corrected chi connectivity index (χ1v) is 9.59. The molecule has 7 nitrogen and oxygen atoms in total. The van der Waals surface area contributed by atoms with Crippen molar-refractivity contribution in [1.29, 1.82) is 0 Å². The van der Waals surface area contributed by atoms with E-state index in [1.807, 2.05) is 24.3 Å². The van der Waals surface area contributed by atoms with Crippen LogP contribution in [-0.4, -0.2) is 50.2 Å². The topological polar surface area (TPSA) is 75.9 Å². The number of aromatic nitrogens is 4. The summed E-state index contributed by atoms with van der Waals surface area (Å²) in [4.78, 5) is 23.2. The molecule has 0 bridgehead atoms. The Kier molecular flexibility index (Phi) is 6.73. The van der Waals surface area contributed by atoms with Gasteiger partial charge in [-0.1, -0.05) is 43.6 Å². The Labute approximate surface area is 169 Å². The van der Waals surface area contributed by atoms with Crippen LogP contribution in [0.1, 0.15) is 35.8 Å². The third-order valence-corrected chi connectivity index (χ3v) is 4.98. The van der Waals surface area contributed by atoms with Gasteiger partial charge in [-0.05, 0) is 36.9 Å². The first kappa shape index (κ1) is 20.0. The van der Waals surface area contributed by atoms with E-state index in [-0.39, 0.29) is 11.9 Å². The second-order valence-electron chi connectivity index (χ2n) is 6.21. The number of benzene rings is 1. The number of nitrogens with one attached hydrogen (secondary N) is 1. The Hall–Kier alpha value is -2.77. The summed E-state index contributed by atoms with van der Waals surface area (Å²) in [6.07, 6.45) is 4.55. The monoisotopic (exact) mass is 398 g/mol. The summed E-state index contributed by atoms with van der Waals surface area (Å²) in [7, 11) is 0. The quantitative estimate of drug-likeness (QED) is 0.630. The van der Waals surface area contributed by atoms with Gasteiger partial charge in [-0.2, -0.15) is 5.10 Å². The lowest BCUT2D eigenvalue weighted by atomic mass is 10.0. The Morgan fingerprint density at radius 3 is 2.71 bits per heavy atom. The average molecular weight is 399 g/mol. The number of nitrogens with zero attached hydrogens (tertiary/aromatic N) is 5. The Bertz CT molecular complexity index is 911. The maximum absolute atomic E-state index is 12.8. The van der Waals surface area contributed by atoms with E-state index in [1.54, 1.807) is 18.3 Å². The highest BCUT2D eigenvalue weighted by Gasteiger charge is 2.21. The largest absolute Gasteiger partial charge is 0.350 e. The first-order chi connectivity index (χ1) is 13.6. The molecule has 2 heterocycles. The minimum absolute atomic E-state index is 0.00993. The minimum Gasteiger partial charge on any atom is -0.350 e. The average Bonchev–Trinajstić information content (AvgIpc) is 3.27. The van der Waals surface area contributed by atoms with E-state index in [9.17, 15) is 4.79 Å². The number of hydrogen-bond acceptors (Lipinski definition) is 5. The lowest BCUT2D eigenvalue weighted by molar-refractivity contribution is 0.0935. The van der Waals surface area contributed by atoms with Crippen molar-refractivity contribution in [3.05, 3.63) is 71.4 Å². The normalized spacial score (nSPS) is 12.1. The molecule has 1 atom stereocenters. The number of carbonyl (C=O) groups is 1. The molecule has 2 aromatic heterocycles. The molecule has 0 saturated carbocycles. The van der Waals surface area contributed by atoms with Gasteiger partial charge in [0.2, 0.25) is 0 Å². The maximum Gasteiger partial charge on any atom is 0.251 e. The SMILES string of the molecule is CCN(CC)[C@H](CNC(=O)c1ccnc(-n2cncn2)c1)c1ccccc1Cl. The van der Waals surface area contributed by atoms with Gasteiger partial charge < -0.3 is 5.32 Å². The number of pyridine rings is 1. The van der Waals surface area contributed by atoms with Crippen LogP contribution in [0.5, 0.6) is 0 Å². The van der Waals surface area contributed by atoms with Crippen molar-refractivity contribution in [3.8, 4) is 5.82 Å². The van der Waals surface area contributed by atoms with Gasteiger partial charge >= 0.3 is 0 Å². The lowest BCUT2D eigenvalue weighted by Gasteiger charge is -2.31. The van der Waals surface area contributed by atoms with Gasteiger partial charge in [0.05, 0.1) is 6.04 Å². The van der Waals surface area contributed by atoms with Gasteiger partial charge in [-0.3, -0.25) is 9.69 Å². The first-order valence-electron chi connectivity index (χ1n) is 9.21. The number of halogens is 1. The highest BCUT2D eigenvalue weighted by atomic mass is 35.5. The summed E-state index contributed by atoms with van der Waals surface area (Å²) >= 11 is 6.42. The fourth-order valence-electron chi connectivity index (χ4n) is 3.15. The molecule has 1 N–H and O–H groups in total. The van der Waals surface area contributed by atoms with Crippen LogP contribution in [-0.2, 0) is 0 Å². The molecule has 3 rings (SSSR count). The van der Waals surface area contributed by atoms with Gasteiger partial charge in [0.25, 0.3) is 5.91 Å². The molecule has 1 aromatic carbocycles. The highest BCUT2D eigenvalue weighted by Crippen LogP contribution is 2.27. The number of hydrogen-bond donors (Lipinski definition) is 1. The standard InChI is InChI=1S/C20H23ClN6O/c1-3-26(4-2)18(16-7-5-6-8-17(16)21)12-24-20(28)15-9-10-23-19(11-15)27-14-22-13-25-27/h5-11,13-14,18H,3-4,12H2,1-2H3,(H,24,28)/t18-/m1/s1. The second kappa shape index (κ2) is 9.43. The summed E-state index contributed by atoms with van der Waals surface area (Å²) in [6.45, 7) is 6.36. The van der Waals surface area contributed by atoms with Crippen LogP contribution in [0, 0.1) is 0 Å². The van der Waals surface area contributed by atoms with Crippen LogP contribution in [0.25, 0.3) is 5.82 Å². The number of likely N-dealkylation sites (N-methyl/N-ethyl adjacent to an activating group) is 1. The van der Waals surface area contributed by atoms with E-state index in [1.165, 1.54) is 17.3 Å². The van der Waals surface area contributed by atoms with E-state index in [0.29, 0.717) is 22.9 Å². The van der Waals surface area contributed by atoms with Gasteiger partial charge in [-0.25, -0.2) is 14.6 Å². The summed E-state index contributed by atoms with van der Waals surface area (Å²) in [5.74, 6) is 0.365. The molecule has 0 aliphatic rings. The zero-order chi connectivity index (χ0) is 19.9. The summed E-state index contributed by atoms with van der Waals surface area (Å²) in [5.41, 5.74) is 1.52. The van der Waals surface area contributed by atoms with Crippen LogP contribution < -0.4 is 5.32 Å². The maximum atomic E-state index is 12.8.